The average molecular weight is 314 g/mol. The maximum Gasteiger partial charge on any atom is 0.156 e. The highest BCUT2D eigenvalue weighted by Gasteiger charge is 2.52. The third-order valence-electron chi connectivity index (χ3n) is 6.54. The van der Waals surface area contributed by atoms with Crippen LogP contribution in [0.25, 0.3) is 0 Å². The van der Waals surface area contributed by atoms with Crippen molar-refractivity contribution in [3.8, 4) is 0 Å². The van der Waals surface area contributed by atoms with E-state index in [4.69, 9.17) is 9.47 Å². The van der Waals surface area contributed by atoms with Gasteiger partial charge in [-0.2, -0.15) is 0 Å². The van der Waals surface area contributed by atoms with Crippen LogP contribution in [0.5, 0.6) is 0 Å². The largest absolute Gasteiger partial charge is 0.359 e. The minimum absolute atomic E-state index is 0.124. The van der Waals surface area contributed by atoms with E-state index in [1.54, 1.807) is 7.11 Å². The zero-order valence-corrected chi connectivity index (χ0v) is 14.1. The fourth-order valence-electron chi connectivity index (χ4n) is 5.39. The molecule has 0 aliphatic heterocycles. The van der Waals surface area contributed by atoms with Crippen LogP contribution < -0.4 is 0 Å². The Morgan fingerprint density at radius 1 is 1.22 bits per heavy atom. The number of hydrogen-bond donors (Lipinski definition) is 0. The molecule has 4 aliphatic rings. The highest BCUT2D eigenvalue weighted by atomic mass is 16.7. The maximum absolute atomic E-state index is 11.7. The summed E-state index contributed by atoms with van der Waals surface area (Å²) in [4.78, 5) is 11.7. The van der Waals surface area contributed by atoms with Crippen molar-refractivity contribution in [2.45, 2.75) is 51.6 Å². The molecule has 1 saturated carbocycles. The number of methoxy groups -OCH3 is 1. The van der Waals surface area contributed by atoms with Crippen molar-refractivity contribution >= 4 is 5.78 Å². The zero-order valence-electron chi connectivity index (χ0n) is 14.1. The molecule has 0 heterocycles. The Bertz CT molecular complexity index is 612. The summed E-state index contributed by atoms with van der Waals surface area (Å²) in [5, 5.41) is 0. The molecule has 4 aliphatic carbocycles. The van der Waals surface area contributed by atoms with Gasteiger partial charge in [0.05, 0.1) is 6.10 Å². The van der Waals surface area contributed by atoms with E-state index < -0.39 is 0 Å². The normalized spacial score (nSPS) is 39.0. The molecule has 0 spiro atoms. The molecule has 23 heavy (non-hydrogen) atoms. The molecule has 4 rings (SSSR count). The number of carbonyl (C=O) groups excluding carboxylic acids is 1. The predicted octanol–water partition coefficient (Wildman–Crippen LogP) is 3.96. The van der Waals surface area contributed by atoms with Crippen molar-refractivity contribution in [1.82, 2.24) is 0 Å². The topological polar surface area (TPSA) is 35.5 Å². The third kappa shape index (κ3) is 2.36. The Labute approximate surface area is 138 Å². The lowest BCUT2D eigenvalue weighted by molar-refractivity contribution is -0.114. The Morgan fingerprint density at radius 3 is 2.91 bits per heavy atom. The quantitative estimate of drug-likeness (QED) is 0.740. The van der Waals surface area contributed by atoms with Gasteiger partial charge in [-0.15, -0.1) is 0 Å². The first-order valence-electron chi connectivity index (χ1n) is 8.90. The average Bonchev–Trinajstić information content (AvgIpc) is 2.89. The highest BCUT2D eigenvalue weighted by Crippen LogP contribution is 2.57. The van der Waals surface area contributed by atoms with Gasteiger partial charge in [-0.05, 0) is 66.7 Å². The van der Waals surface area contributed by atoms with Gasteiger partial charge in [0.15, 0.2) is 5.78 Å². The van der Waals surface area contributed by atoms with Gasteiger partial charge in [-0.25, -0.2) is 0 Å². The molecule has 0 N–H and O–H groups in total. The van der Waals surface area contributed by atoms with Crippen LogP contribution in [-0.2, 0) is 14.3 Å². The van der Waals surface area contributed by atoms with Crippen LogP contribution in [0, 0.1) is 17.3 Å². The van der Waals surface area contributed by atoms with E-state index in [0.29, 0.717) is 30.8 Å². The van der Waals surface area contributed by atoms with Crippen LogP contribution in [0.4, 0.5) is 0 Å². The molecule has 0 aromatic rings. The van der Waals surface area contributed by atoms with E-state index in [-0.39, 0.29) is 11.5 Å². The maximum atomic E-state index is 11.7. The Balaban J connectivity index is 1.69. The number of rotatable bonds is 3. The van der Waals surface area contributed by atoms with Gasteiger partial charge < -0.3 is 9.47 Å². The van der Waals surface area contributed by atoms with Crippen LogP contribution in [0.15, 0.2) is 34.9 Å². The first-order valence-corrected chi connectivity index (χ1v) is 8.90. The number of carbonyl (C=O) groups is 1. The number of allylic oxidation sites excluding steroid dienone is 5. The van der Waals surface area contributed by atoms with Gasteiger partial charge in [0.25, 0.3) is 0 Å². The summed E-state index contributed by atoms with van der Waals surface area (Å²) in [7, 11) is 1.69. The molecule has 1 fully saturated rings. The molecule has 0 amide bonds. The Morgan fingerprint density at radius 2 is 2.09 bits per heavy atom. The van der Waals surface area contributed by atoms with Crippen LogP contribution >= 0.6 is 0 Å². The molecule has 3 nitrogen and oxygen atoms in total. The Hall–Kier alpha value is -1.19. The summed E-state index contributed by atoms with van der Waals surface area (Å²) < 4.78 is 11.1. The van der Waals surface area contributed by atoms with Crippen molar-refractivity contribution in [2.75, 3.05) is 13.9 Å². The molecule has 0 saturated heterocycles. The van der Waals surface area contributed by atoms with Gasteiger partial charge >= 0.3 is 0 Å². The number of hydrogen-bond acceptors (Lipinski definition) is 3. The molecule has 0 aromatic carbocycles. The first-order chi connectivity index (χ1) is 11.1. The summed E-state index contributed by atoms with van der Waals surface area (Å²) in [5.41, 5.74) is 4.43. The van der Waals surface area contributed by atoms with Gasteiger partial charge in [-0.1, -0.05) is 19.1 Å². The summed E-state index contributed by atoms with van der Waals surface area (Å²) in [6, 6.07) is 0. The van der Waals surface area contributed by atoms with Crippen molar-refractivity contribution in [3.05, 3.63) is 34.9 Å². The van der Waals surface area contributed by atoms with Crippen LogP contribution in [0.2, 0.25) is 0 Å². The molecule has 3 heteroatoms. The molecule has 0 unspecified atom stereocenters. The second-order valence-corrected chi connectivity index (χ2v) is 7.66. The fourth-order valence-corrected chi connectivity index (χ4v) is 5.39. The fraction of sp³-hybridized carbons (Fsp3) is 0.650. The molecular formula is C20H26O3. The lowest BCUT2D eigenvalue weighted by atomic mass is 9.60. The standard InChI is InChI=1S/C20H26O3/c1-20-10-9-16-15-6-4-14(21)11-13(15)3-5-17(16)18(20)7-8-19(20)23-12-22-2/h9-11,17-19H,3-8,12H2,1-2H3/t17-,18-,19-,20-/m1/s1. The van der Waals surface area contributed by atoms with Crippen molar-refractivity contribution < 1.29 is 14.3 Å². The van der Waals surface area contributed by atoms with E-state index >= 15 is 0 Å². The molecule has 0 radical (unpaired) electrons. The summed E-state index contributed by atoms with van der Waals surface area (Å²) in [6.45, 7) is 2.74. The molecular weight excluding hydrogens is 288 g/mol. The summed E-state index contributed by atoms with van der Waals surface area (Å²) >= 11 is 0. The van der Waals surface area contributed by atoms with Crippen molar-refractivity contribution in [3.63, 3.8) is 0 Å². The predicted molar refractivity (Wildman–Crippen MR) is 88.8 cm³/mol. The minimum atomic E-state index is 0.124. The second kappa shape index (κ2) is 5.71. The number of ketones is 1. The van der Waals surface area contributed by atoms with Crippen molar-refractivity contribution in [1.29, 1.82) is 0 Å². The summed E-state index contributed by atoms with van der Waals surface area (Å²) in [5.74, 6) is 1.61. The molecule has 4 atom stereocenters. The van der Waals surface area contributed by atoms with E-state index in [2.05, 4.69) is 19.1 Å². The van der Waals surface area contributed by atoms with Crippen molar-refractivity contribution in [2.24, 2.45) is 17.3 Å². The highest BCUT2D eigenvalue weighted by molar-refractivity contribution is 5.93. The van der Waals surface area contributed by atoms with E-state index in [1.807, 2.05) is 6.08 Å². The Kier molecular flexibility index (Phi) is 3.81. The molecule has 0 bridgehead atoms. The van der Waals surface area contributed by atoms with E-state index in [0.717, 1.165) is 19.3 Å². The SMILES string of the molecule is COCO[C@@H]1CC[C@@H]2[C@@H]3CCC4=CC(=O)CCC4=C3C=C[C@]21C. The van der Waals surface area contributed by atoms with Gasteiger partial charge in [0, 0.05) is 18.9 Å². The van der Waals surface area contributed by atoms with Crippen LogP contribution in [0.3, 0.4) is 0 Å². The zero-order chi connectivity index (χ0) is 16.0. The van der Waals surface area contributed by atoms with Gasteiger partial charge in [-0.3, -0.25) is 4.79 Å². The van der Waals surface area contributed by atoms with Gasteiger partial charge in [0.1, 0.15) is 6.79 Å². The summed E-state index contributed by atoms with van der Waals surface area (Å²) in [6.07, 6.45) is 13.1. The first kappa shape index (κ1) is 15.3. The second-order valence-electron chi connectivity index (χ2n) is 7.66. The van der Waals surface area contributed by atoms with Gasteiger partial charge in [0.2, 0.25) is 0 Å². The molecule has 0 aromatic heterocycles. The minimum Gasteiger partial charge on any atom is -0.359 e. The number of ether oxygens (including phenoxy) is 2. The lowest BCUT2D eigenvalue weighted by Crippen LogP contribution is -2.40. The molecule has 124 valence electrons. The number of fused-ring (bicyclic) bond motifs is 4. The van der Waals surface area contributed by atoms with E-state index in [9.17, 15) is 4.79 Å². The van der Waals surface area contributed by atoms with Crippen LogP contribution in [0.1, 0.15) is 45.4 Å². The monoisotopic (exact) mass is 314 g/mol. The third-order valence-corrected chi connectivity index (χ3v) is 6.54. The lowest BCUT2D eigenvalue weighted by Gasteiger charge is -2.45. The van der Waals surface area contributed by atoms with E-state index in [1.165, 1.54) is 29.6 Å². The van der Waals surface area contributed by atoms with Crippen LogP contribution in [-0.4, -0.2) is 25.8 Å². The smallest absolute Gasteiger partial charge is 0.156 e.